The monoisotopic (exact) mass is 300 g/mol. The first-order valence-corrected chi connectivity index (χ1v) is 7.01. The van der Waals surface area contributed by atoms with Crippen molar-refractivity contribution in [1.82, 2.24) is 0 Å². The van der Waals surface area contributed by atoms with Gasteiger partial charge in [0.25, 0.3) is 5.69 Å². The summed E-state index contributed by atoms with van der Waals surface area (Å²) in [5.41, 5.74) is 2.52. The molecule has 0 fully saturated rings. The Hall–Kier alpha value is -2.76. The molecule has 0 atom stereocenters. The van der Waals surface area contributed by atoms with Gasteiger partial charge in [-0.2, -0.15) is 0 Å². The number of benzene rings is 2. The predicted octanol–water partition coefficient (Wildman–Crippen LogP) is 3.29. The molecule has 0 aliphatic carbocycles. The minimum Gasteiger partial charge on any atom is -0.486 e. The van der Waals surface area contributed by atoms with E-state index in [1.165, 1.54) is 6.07 Å². The van der Waals surface area contributed by atoms with Gasteiger partial charge in [-0.1, -0.05) is 12.1 Å². The molecule has 0 aromatic heterocycles. The van der Waals surface area contributed by atoms with Crippen molar-refractivity contribution in [2.45, 2.75) is 13.5 Å². The Kier molecular flexibility index (Phi) is 3.82. The van der Waals surface area contributed by atoms with Crippen LogP contribution in [0.3, 0.4) is 0 Å². The minimum absolute atomic E-state index is 0.118. The molecular formula is C16H16N2O4. The summed E-state index contributed by atoms with van der Waals surface area (Å²) in [7, 11) is 0. The van der Waals surface area contributed by atoms with Crippen molar-refractivity contribution in [3.05, 3.63) is 57.6 Å². The standard InChI is InChI=1S/C16H16N2O4/c1-11-13(3-2-4-14(11)18(19)20)17-10-12-5-6-15-16(9-12)22-8-7-21-15/h2-6,9,17H,7-8,10H2,1H3. The maximum absolute atomic E-state index is 11.0. The first-order valence-electron chi connectivity index (χ1n) is 7.01. The average molecular weight is 300 g/mol. The largest absolute Gasteiger partial charge is 0.486 e. The lowest BCUT2D eigenvalue weighted by Crippen LogP contribution is -2.15. The maximum Gasteiger partial charge on any atom is 0.274 e. The fourth-order valence-corrected chi connectivity index (χ4v) is 2.41. The van der Waals surface area contributed by atoms with Crippen molar-refractivity contribution in [2.75, 3.05) is 18.5 Å². The molecule has 2 aromatic carbocycles. The molecule has 1 aliphatic rings. The summed E-state index contributed by atoms with van der Waals surface area (Å²) in [6.07, 6.45) is 0. The molecule has 2 aromatic rings. The van der Waals surface area contributed by atoms with E-state index in [-0.39, 0.29) is 10.6 Å². The molecular weight excluding hydrogens is 284 g/mol. The van der Waals surface area contributed by atoms with Crippen LogP contribution in [-0.4, -0.2) is 18.1 Å². The van der Waals surface area contributed by atoms with E-state index in [4.69, 9.17) is 9.47 Å². The second kappa shape index (κ2) is 5.93. The third kappa shape index (κ3) is 2.81. The van der Waals surface area contributed by atoms with Crippen LogP contribution in [0.2, 0.25) is 0 Å². The highest BCUT2D eigenvalue weighted by Gasteiger charge is 2.14. The number of anilines is 1. The third-order valence-electron chi connectivity index (χ3n) is 3.59. The number of hydrogen-bond acceptors (Lipinski definition) is 5. The molecule has 0 saturated heterocycles. The molecule has 0 bridgehead atoms. The van der Waals surface area contributed by atoms with Gasteiger partial charge in [0.05, 0.1) is 4.92 Å². The number of nitrogens with zero attached hydrogens (tertiary/aromatic N) is 1. The Morgan fingerprint density at radius 2 is 1.95 bits per heavy atom. The van der Waals surface area contributed by atoms with E-state index < -0.39 is 0 Å². The van der Waals surface area contributed by atoms with E-state index in [1.807, 2.05) is 24.3 Å². The van der Waals surface area contributed by atoms with Gasteiger partial charge in [-0.05, 0) is 30.7 Å². The fourth-order valence-electron chi connectivity index (χ4n) is 2.41. The Balaban J connectivity index is 1.75. The van der Waals surface area contributed by atoms with Crippen molar-refractivity contribution in [3.63, 3.8) is 0 Å². The predicted molar refractivity (Wildman–Crippen MR) is 82.6 cm³/mol. The molecule has 22 heavy (non-hydrogen) atoms. The second-order valence-electron chi connectivity index (χ2n) is 5.04. The van der Waals surface area contributed by atoms with E-state index >= 15 is 0 Å². The van der Waals surface area contributed by atoms with E-state index in [2.05, 4.69) is 5.32 Å². The van der Waals surface area contributed by atoms with Crippen molar-refractivity contribution in [3.8, 4) is 11.5 Å². The number of nitro groups is 1. The van der Waals surface area contributed by atoms with Crippen LogP contribution in [-0.2, 0) is 6.54 Å². The normalized spacial score (nSPS) is 12.8. The molecule has 0 radical (unpaired) electrons. The summed E-state index contributed by atoms with van der Waals surface area (Å²) >= 11 is 0. The topological polar surface area (TPSA) is 73.6 Å². The van der Waals surface area contributed by atoms with E-state index in [0.717, 1.165) is 22.7 Å². The molecule has 1 heterocycles. The average Bonchev–Trinajstić information content (AvgIpc) is 2.53. The smallest absolute Gasteiger partial charge is 0.274 e. The summed E-state index contributed by atoms with van der Waals surface area (Å²) in [5.74, 6) is 1.49. The first-order chi connectivity index (χ1) is 10.6. The molecule has 0 spiro atoms. The van der Waals surface area contributed by atoms with E-state index in [1.54, 1.807) is 13.0 Å². The summed E-state index contributed by atoms with van der Waals surface area (Å²) in [5, 5.41) is 14.2. The third-order valence-corrected chi connectivity index (χ3v) is 3.59. The molecule has 114 valence electrons. The zero-order chi connectivity index (χ0) is 15.5. The minimum atomic E-state index is -0.370. The van der Waals surface area contributed by atoms with Gasteiger partial charge in [-0.25, -0.2) is 0 Å². The van der Waals surface area contributed by atoms with Crippen LogP contribution in [0.4, 0.5) is 11.4 Å². The number of fused-ring (bicyclic) bond motifs is 1. The lowest BCUT2D eigenvalue weighted by molar-refractivity contribution is -0.385. The lowest BCUT2D eigenvalue weighted by Gasteiger charge is -2.19. The highest BCUT2D eigenvalue weighted by molar-refractivity contribution is 5.60. The zero-order valence-electron chi connectivity index (χ0n) is 12.2. The van der Waals surface area contributed by atoms with Crippen molar-refractivity contribution < 1.29 is 14.4 Å². The van der Waals surface area contributed by atoms with Gasteiger partial charge in [0, 0.05) is 23.9 Å². The van der Waals surface area contributed by atoms with Crippen molar-refractivity contribution in [1.29, 1.82) is 0 Å². The van der Waals surface area contributed by atoms with Gasteiger partial charge in [0.2, 0.25) is 0 Å². The van der Waals surface area contributed by atoms with Gasteiger partial charge in [-0.15, -0.1) is 0 Å². The van der Waals surface area contributed by atoms with Gasteiger partial charge < -0.3 is 14.8 Å². The van der Waals surface area contributed by atoms with E-state index in [0.29, 0.717) is 25.3 Å². The summed E-state index contributed by atoms with van der Waals surface area (Å²) in [6, 6.07) is 10.8. The van der Waals surface area contributed by atoms with Crippen LogP contribution >= 0.6 is 0 Å². The number of rotatable bonds is 4. The molecule has 1 aliphatic heterocycles. The maximum atomic E-state index is 11.0. The molecule has 6 nitrogen and oxygen atoms in total. The highest BCUT2D eigenvalue weighted by Crippen LogP contribution is 2.31. The number of nitro benzene ring substituents is 1. The summed E-state index contributed by atoms with van der Waals surface area (Å²) in [6.45, 7) is 3.41. The molecule has 3 rings (SSSR count). The van der Waals surface area contributed by atoms with Crippen LogP contribution in [0.15, 0.2) is 36.4 Å². The van der Waals surface area contributed by atoms with Crippen LogP contribution in [0, 0.1) is 17.0 Å². The van der Waals surface area contributed by atoms with Crippen molar-refractivity contribution >= 4 is 11.4 Å². The molecule has 0 amide bonds. The Bertz CT molecular complexity index is 715. The molecule has 6 heteroatoms. The van der Waals surface area contributed by atoms with Crippen LogP contribution < -0.4 is 14.8 Å². The number of hydrogen-bond donors (Lipinski definition) is 1. The SMILES string of the molecule is Cc1c(NCc2ccc3c(c2)OCCO3)cccc1[N+](=O)[O-]. The number of nitrogens with one attached hydrogen (secondary N) is 1. The first kappa shape index (κ1) is 14.2. The van der Waals surface area contributed by atoms with Crippen molar-refractivity contribution in [2.24, 2.45) is 0 Å². The molecule has 1 N–H and O–H groups in total. The highest BCUT2D eigenvalue weighted by atomic mass is 16.6. The molecule has 0 unspecified atom stereocenters. The second-order valence-corrected chi connectivity index (χ2v) is 5.04. The zero-order valence-corrected chi connectivity index (χ0v) is 12.2. The molecule has 0 saturated carbocycles. The van der Waals surface area contributed by atoms with Crippen LogP contribution in [0.25, 0.3) is 0 Å². The lowest BCUT2D eigenvalue weighted by atomic mass is 10.1. The summed E-state index contributed by atoms with van der Waals surface area (Å²) in [4.78, 5) is 10.6. The quantitative estimate of drug-likeness (QED) is 0.693. The Morgan fingerprint density at radius 1 is 1.18 bits per heavy atom. The Labute approximate surface area is 127 Å². The van der Waals surface area contributed by atoms with Crippen LogP contribution in [0.5, 0.6) is 11.5 Å². The summed E-state index contributed by atoms with van der Waals surface area (Å²) < 4.78 is 11.0. The van der Waals surface area contributed by atoms with Gasteiger partial charge in [-0.3, -0.25) is 10.1 Å². The van der Waals surface area contributed by atoms with E-state index in [9.17, 15) is 10.1 Å². The van der Waals surface area contributed by atoms with Gasteiger partial charge >= 0.3 is 0 Å². The fraction of sp³-hybridized carbons (Fsp3) is 0.250. The number of ether oxygens (including phenoxy) is 2. The Morgan fingerprint density at radius 3 is 2.73 bits per heavy atom. The van der Waals surface area contributed by atoms with Gasteiger partial charge in [0.15, 0.2) is 11.5 Å². The van der Waals surface area contributed by atoms with Crippen LogP contribution in [0.1, 0.15) is 11.1 Å². The van der Waals surface area contributed by atoms with Gasteiger partial charge in [0.1, 0.15) is 13.2 Å².